The van der Waals surface area contributed by atoms with Crippen LogP contribution in [0.1, 0.15) is 16.7 Å². The van der Waals surface area contributed by atoms with E-state index in [1.54, 1.807) is 60.0 Å². The van der Waals surface area contributed by atoms with E-state index in [1.807, 2.05) is 0 Å². The largest absolute Gasteiger partial charge is 0.488 e. The molecule has 0 spiro atoms. The molecule has 0 aliphatic carbocycles. The first-order valence-corrected chi connectivity index (χ1v) is 11.0. The number of rotatable bonds is 6. The molecule has 12 heteroatoms. The Labute approximate surface area is 215 Å². The van der Waals surface area contributed by atoms with E-state index in [1.165, 1.54) is 0 Å². The quantitative estimate of drug-likeness (QED) is 0.111. The van der Waals surface area contributed by atoms with Crippen molar-refractivity contribution in [3.05, 3.63) is 105 Å². The lowest BCUT2D eigenvalue weighted by atomic mass is 10.0. The number of benzene rings is 4. The Hall–Kier alpha value is -3.50. The molecule has 0 saturated carbocycles. The summed E-state index contributed by atoms with van der Waals surface area (Å²) in [6, 6.07) is 15.1. The molecule has 0 unspecified atom stereocenters. The van der Waals surface area contributed by atoms with Crippen LogP contribution >= 0.6 is 23.2 Å². The molecule has 0 radical (unpaired) electrons. The maximum Gasteiger partial charge on any atom is 0.422 e. The van der Waals surface area contributed by atoms with E-state index in [0.717, 1.165) is 11.6 Å². The maximum absolute atomic E-state index is 14.2. The van der Waals surface area contributed by atoms with E-state index < -0.39 is 40.7 Å². The van der Waals surface area contributed by atoms with Gasteiger partial charge in [-0.3, -0.25) is 5.43 Å². The highest BCUT2D eigenvalue weighted by Crippen LogP contribution is 2.38. The van der Waals surface area contributed by atoms with Crippen LogP contribution in [0.5, 0.6) is 5.75 Å². The van der Waals surface area contributed by atoms with Gasteiger partial charge in [0.25, 0.3) is 0 Å². The predicted octanol–water partition coefficient (Wildman–Crippen LogP) is 8.75. The first kappa shape index (κ1) is 26.6. The Balaban J connectivity index is 1.68. The van der Waals surface area contributed by atoms with Crippen molar-refractivity contribution in [1.82, 2.24) is 0 Å². The first-order chi connectivity index (χ1) is 17.5. The monoisotopic (exact) mass is 560 g/mol. The smallest absolute Gasteiger partial charge is 0.422 e. The topological polar surface area (TPSA) is 33.6 Å². The minimum absolute atomic E-state index is 0.0437. The number of fused-ring (bicyclic) bond motifs is 1. The zero-order valence-corrected chi connectivity index (χ0v) is 19.7. The molecular weight excluding hydrogens is 548 g/mol. The van der Waals surface area contributed by atoms with Crippen molar-refractivity contribution in [2.45, 2.75) is 12.8 Å². The number of anilines is 1. The van der Waals surface area contributed by atoms with Crippen molar-refractivity contribution in [3.63, 3.8) is 0 Å². The average molecular weight is 561 g/mol. The van der Waals surface area contributed by atoms with Crippen LogP contribution in [0, 0.1) is 23.3 Å². The van der Waals surface area contributed by atoms with Gasteiger partial charge in [0.1, 0.15) is 23.6 Å². The number of nitrogens with zero attached hydrogens (tertiary/aromatic N) is 1. The van der Waals surface area contributed by atoms with E-state index in [9.17, 15) is 30.7 Å². The molecule has 0 atom stereocenters. The molecule has 0 aliphatic rings. The lowest BCUT2D eigenvalue weighted by Crippen LogP contribution is -2.16. The van der Waals surface area contributed by atoms with Crippen LogP contribution in [0.25, 0.3) is 10.8 Å². The van der Waals surface area contributed by atoms with E-state index >= 15 is 0 Å². The average Bonchev–Trinajstić information content (AvgIpc) is 2.85. The molecule has 3 nitrogen and oxygen atoms in total. The normalized spacial score (nSPS) is 11.9. The molecule has 0 bridgehead atoms. The molecule has 4 aromatic rings. The number of nitrogens with one attached hydrogen (secondary N) is 1. The van der Waals surface area contributed by atoms with Crippen molar-refractivity contribution in [2.24, 2.45) is 5.10 Å². The number of alkyl halides is 3. The maximum atomic E-state index is 14.2. The van der Waals surface area contributed by atoms with Gasteiger partial charge in [0.15, 0.2) is 23.3 Å². The third-order valence-electron chi connectivity index (χ3n) is 5.23. The number of hydrogen-bond donors (Lipinski definition) is 1. The van der Waals surface area contributed by atoms with Gasteiger partial charge in [-0.2, -0.15) is 18.3 Å². The van der Waals surface area contributed by atoms with E-state index in [4.69, 9.17) is 27.9 Å². The summed E-state index contributed by atoms with van der Waals surface area (Å²) in [6.45, 7) is 0.0437. The van der Waals surface area contributed by atoms with Gasteiger partial charge in [-0.25, -0.2) is 17.6 Å². The van der Waals surface area contributed by atoms with Gasteiger partial charge in [-0.05, 0) is 34.5 Å². The van der Waals surface area contributed by atoms with Crippen molar-refractivity contribution >= 4 is 45.9 Å². The lowest BCUT2D eigenvalue weighted by Gasteiger charge is -2.14. The van der Waals surface area contributed by atoms with Crippen molar-refractivity contribution in [2.75, 3.05) is 5.43 Å². The second-order valence-electron chi connectivity index (χ2n) is 7.61. The van der Waals surface area contributed by atoms with Crippen LogP contribution < -0.4 is 10.2 Å². The Kier molecular flexibility index (Phi) is 7.52. The zero-order chi connectivity index (χ0) is 26.9. The Morgan fingerprint density at radius 3 is 2.16 bits per heavy atom. The fourth-order valence-electron chi connectivity index (χ4n) is 3.47. The standard InChI is InChI=1S/C25H13Cl2F7N2O/c26-16-7-5-12(9-17(16)27)11-37-18-8-6-13-3-1-2-4-14(13)15(18)10-35-36-24-22(30)20(28)19(25(32,33)34)21(29)23(24)31/h1-10,36H,11H2/b35-10-. The molecule has 4 rings (SSSR count). The second-order valence-corrected chi connectivity index (χ2v) is 8.42. The highest BCUT2D eigenvalue weighted by atomic mass is 35.5. The van der Waals surface area contributed by atoms with Crippen molar-refractivity contribution in [3.8, 4) is 5.75 Å². The third kappa shape index (κ3) is 5.45. The number of hydrazone groups is 1. The van der Waals surface area contributed by atoms with Crippen LogP contribution in [0.3, 0.4) is 0 Å². The van der Waals surface area contributed by atoms with Crippen molar-refractivity contribution < 1.29 is 35.5 Å². The summed E-state index contributed by atoms with van der Waals surface area (Å²) in [7, 11) is 0. The molecule has 192 valence electrons. The number of ether oxygens (including phenoxy) is 1. The molecule has 0 heterocycles. The molecule has 0 fully saturated rings. The Bertz CT molecular complexity index is 1490. The first-order valence-electron chi connectivity index (χ1n) is 10.3. The molecule has 0 amide bonds. The highest BCUT2D eigenvalue weighted by Gasteiger charge is 2.42. The van der Waals surface area contributed by atoms with Gasteiger partial charge in [0, 0.05) is 5.56 Å². The molecule has 0 saturated heterocycles. The number of hydrogen-bond acceptors (Lipinski definition) is 3. The van der Waals surface area contributed by atoms with E-state index in [-0.39, 0.29) is 12.4 Å². The van der Waals surface area contributed by atoms with Gasteiger partial charge in [0.2, 0.25) is 0 Å². The van der Waals surface area contributed by atoms with E-state index in [2.05, 4.69) is 5.10 Å². The summed E-state index contributed by atoms with van der Waals surface area (Å²) >= 11 is 11.9. The van der Waals surface area contributed by atoms with Gasteiger partial charge >= 0.3 is 6.18 Å². The lowest BCUT2D eigenvalue weighted by molar-refractivity contribution is -0.143. The van der Waals surface area contributed by atoms with Gasteiger partial charge in [-0.1, -0.05) is 59.6 Å². The summed E-state index contributed by atoms with van der Waals surface area (Å²) in [4.78, 5) is 0. The SMILES string of the molecule is Fc1c(F)c(C(F)(F)F)c(F)c(F)c1N/N=C\c1c(OCc2ccc(Cl)c(Cl)c2)ccc2ccccc12. The molecule has 4 aromatic carbocycles. The summed E-state index contributed by atoms with van der Waals surface area (Å²) in [5.41, 5.74) is -1.48. The third-order valence-corrected chi connectivity index (χ3v) is 5.96. The summed E-state index contributed by atoms with van der Waals surface area (Å²) in [5.74, 6) is -9.49. The van der Waals surface area contributed by atoms with Crippen molar-refractivity contribution in [1.29, 1.82) is 0 Å². The number of halogens is 9. The van der Waals surface area contributed by atoms with Gasteiger partial charge < -0.3 is 4.74 Å². The summed E-state index contributed by atoms with van der Waals surface area (Å²) in [6.07, 6.45) is -4.60. The van der Waals surface area contributed by atoms with Crippen LogP contribution in [-0.2, 0) is 12.8 Å². The van der Waals surface area contributed by atoms with Gasteiger partial charge in [-0.15, -0.1) is 0 Å². The summed E-state index contributed by atoms with van der Waals surface area (Å²) in [5, 5.41) is 5.60. The fraction of sp³-hybridized carbons (Fsp3) is 0.0800. The van der Waals surface area contributed by atoms with E-state index in [0.29, 0.717) is 26.6 Å². The second kappa shape index (κ2) is 10.5. The Morgan fingerprint density at radius 1 is 0.838 bits per heavy atom. The van der Waals surface area contributed by atoms with Crippen LogP contribution in [-0.4, -0.2) is 6.21 Å². The predicted molar refractivity (Wildman–Crippen MR) is 127 cm³/mol. The fourth-order valence-corrected chi connectivity index (χ4v) is 3.79. The molecule has 0 aromatic heterocycles. The zero-order valence-electron chi connectivity index (χ0n) is 18.2. The molecule has 0 aliphatic heterocycles. The minimum atomic E-state index is -5.65. The molecular formula is C25H13Cl2F7N2O. The highest BCUT2D eigenvalue weighted by molar-refractivity contribution is 6.42. The van der Waals surface area contributed by atoms with Gasteiger partial charge in [0.05, 0.1) is 16.3 Å². The molecule has 1 N–H and O–H groups in total. The Morgan fingerprint density at radius 2 is 1.51 bits per heavy atom. The minimum Gasteiger partial charge on any atom is -0.488 e. The molecule has 37 heavy (non-hydrogen) atoms. The van der Waals surface area contributed by atoms with Crippen LogP contribution in [0.4, 0.5) is 36.4 Å². The van der Waals surface area contributed by atoms with Crippen LogP contribution in [0.2, 0.25) is 10.0 Å². The van der Waals surface area contributed by atoms with Crippen LogP contribution in [0.15, 0.2) is 59.7 Å². The summed E-state index contributed by atoms with van der Waals surface area (Å²) < 4.78 is 101.